The third kappa shape index (κ3) is 2.87. The first-order chi connectivity index (χ1) is 7.27. The van der Waals surface area contributed by atoms with Gasteiger partial charge in [0.25, 0.3) is 0 Å². The minimum atomic E-state index is -0.873. The van der Waals surface area contributed by atoms with E-state index in [0.29, 0.717) is 5.56 Å². The van der Waals surface area contributed by atoms with Crippen molar-refractivity contribution in [2.45, 2.75) is 0 Å². The molecular formula is C11H15ClN2O2. The standard InChI is InChI=1S/C11H14N2O2.ClH/c14-11(15)9-1-3-10(4-2-9)13-7-5-12-6-8-13;/h1-4,12H,5-8H2,(H,14,15);1H. The third-order valence-electron chi connectivity index (χ3n) is 2.60. The lowest BCUT2D eigenvalue weighted by atomic mass is 10.2. The van der Waals surface area contributed by atoms with Gasteiger partial charge in [0, 0.05) is 31.9 Å². The molecule has 4 nitrogen and oxygen atoms in total. The molecule has 0 unspecified atom stereocenters. The molecule has 0 saturated carbocycles. The summed E-state index contributed by atoms with van der Waals surface area (Å²) in [7, 11) is 0. The van der Waals surface area contributed by atoms with E-state index in [1.807, 2.05) is 12.1 Å². The average molecular weight is 243 g/mol. The molecule has 0 spiro atoms. The van der Waals surface area contributed by atoms with Crippen molar-refractivity contribution in [1.29, 1.82) is 0 Å². The predicted molar refractivity (Wildman–Crippen MR) is 65.7 cm³/mol. The number of hydrogen-bond acceptors (Lipinski definition) is 3. The number of carboxylic acid groups (broad SMARTS) is 1. The van der Waals surface area contributed by atoms with Gasteiger partial charge in [-0.1, -0.05) is 0 Å². The maximum atomic E-state index is 10.7. The van der Waals surface area contributed by atoms with E-state index in [2.05, 4.69) is 10.2 Å². The van der Waals surface area contributed by atoms with Gasteiger partial charge in [0.2, 0.25) is 0 Å². The largest absolute Gasteiger partial charge is 0.478 e. The maximum Gasteiger partial charge on any atom is 0.335 e. The molecule has 1 aliphatic rings. The Morgan fingerprint density at radius 3 is 2.25 bits per heavy atom. The molecule has 1 aliphatic heterocycles. The van der Waals surface area contributed by atoms with Crippen LogP contribution in [0.25, 0.3) is 0 Å². The summed E-state index contributed by atoms with van der Waals surface area (Å²) in [6.07, 6.45) is 0. The van der Waals surface area contributed by atoms with Crippen LogP contribution in [0.2, 0.25) is 0 Å². The molecule has 5 heteroatoms. The summed E-state index contributed by atoms with van der Waals surface area (Å²) in [5.41, 5.74) is 1.44. The minimum absolute atomic E-state index is 0. The Labute approximate surface area is 101 Å². The molecular weight excluding hydrogens is 228 g/mol. The molecule has 0 aliphatic carbocycles. The fourth-order valence-electron chi connectivity index (χ4n) is 1.74. The number of carbonyl (C=O) groups is 1. The SMILES string of the molecule is Cl.O=C(O)c1ccc(N2CCNCC2)cc1. The molecule has 88 valence electrons. The van der Waals surface area contributed by atoms with Crippen LogP contribution in [0.3, 0.4) is 0 Å². The first-order valence-corrected chi connectivity index (χ1v) is 5.06. The van der Waals surface area contributed by atoms with E-state index in [4.69, 9.17) is 5.11 Å². The van der Waals surface area contributed by atoms with Crippen LogP contribution in [0.1, 0.15) is 10.4 Å². The highest BCUT2D eigenvalue weighted by Gasteiger charge is 2.10. The van der Waals surface area contributed by atoms with E-state index in [1.54, 1.807) is 12.1 Å². The summed E-state index contributed by atoms with van der Waals surface area (Å²) in [4.78, 5) is 12.9. The number of aromatic carboxylic acids is 1. The van der Waals surface area contributed by atoms with Gasteiger partial charge in [-0.15, -0.1) is 12.4 Å². The van der Waals surface area contributed by atoms with Crippen molar-refractivity contribution >= 4 is 24.1 Å². The molecule has 2 rings (SSSR count). The van der Waals surface area contributed by atoms with Gasteiger partial charge in [0.15, 0.2) is 0 Å². The number of anilines is 1. The summed E-state index contributed by atoms with van der Waals surface area (Å²) in [5, 5.41) is 12.0. The molecule has 16 heavy (non-hydrogen) atoms. The predicted octanol–water partition coefficient (Wildman–Crippen LogP) is 1.22. The Morgan fingerprint density at radius 2 is 1.75 bits per heavy atom. The number of rotatable bonds is 2. The maximum absolute atomic E-state index is 10.7. The van der Waals surface area contributed by atoms with E-state index >= 15 is 0 Å². The van der Waals surface area contributed by atoms with Gasteiger partial charge < -0.3 is 15.3 Å². The van der Waals surface area contributed by atoms with E-state index in [-0.39, 0.29) is 12.4 Å². The van der Waals surface area contributed by atoms with Crippen LogP contribution >= 0.6 is 12.4 Å². The zero-order chi connectivity index (χ0) is 10.7. The van der Waals surface area contributed by atoms with Gasteiger partial charge in [-0.05, 0) is 24.3 Å². The van der Waals surface area contributed by atoms with Crippen LogP contribution < -0.4 is 10.2 Å². The van der Waals surface area contributed by atoms with Gasteiger partial charge in [0.1, 0.15) is 0 Å². The van der Waals surface area contributed by atoms with E-state index in [0.717, 1.165) is 31.9 Å². The lowest BCUT2D eigenvalue weighted by molar-refractivity contribution is 0.0697. The minimum Gasteiger partial charge on any atom is -0.478 e. The number of piperazine rings is 1. The van der Waals surface area contributed by atoms with Crippen LogP contribution in [0.4, 0.5) is 5.69 Å². The van der Waals surface area contributed by atoms with Gasteiger partial charge >= 0.3 is 5.97 Å². The lowest BCUT2D eigenvalue weighted by Crippen LogP contribution is -2.43. The Hall–Kier alpha value is -1.26. The number of benzene rings is 1. The molecule has 2 N–H and O–H groups in total. The molecule has 0 amide bonds. The fourth-order valence-corrected chi connectivity index (χ4v) is 1.74. The third-order valence-corrected chi connectivity index (χ3v) is 2.60. The van der Waals surface area contributed by atoms with Gasteiger partial charge in [-0.25, -0.2) is 4.79 Å². The van der Waals surface area contributed by atoms with Crippen molar-refractivity contribution < 1.29 is 9.90 Å². The second kappa shape index (κ2) is 5.72. The number of halogens is 1. The van der Waals surface area contributed by atoms with Crippen LogP contribution in [0.15, 0.2) is 24.3 Å². The molecule has 0 atom stereocenters. The zero-order valence-electron chi connectivity index (χ0n) is 8.85. The molecule has 1 saturated heterocycles. The molecule has 0 bridgehead atoms. The molecule has 0 radical (unpaired) electrons. The number of hydrogen-bond donors (Lipinski definition) is 2. The Bertz CT molecular complexity index is 348. The summed E-state index contributed by atoms with van der Waals surface area (Å²) >= 11 is 0. The van der Waals surface area contributed by atoms with Crippen molar-refractivity contribution in [2.75, 3.05) is 31.1 Å². The monoisotopic (exact) mass is 242 g/mol. The molecule has 1 fully saturated rings. The highest BCUT2D eigenvalue weighted by Crippen LogP contribution is 2.15. The van der Waals surface area contributed by atoms with E-state index in [9.17, 15) is 4.79 Å². The topological polar surface area (TPSA) is 52.6 Å². The number of nitrogens with one attached hydrogen (secondary N) is 1. The van der Waals surface area contributed by atoms with Gasteiger partial charge in [0.05, 0.1) is 5.56 Å². The van der Waals surface area contributed by atoms with Crippen LogP contribution in [-0.4, -0.2) is 37.3 Å². The van der Waals surface area contributed by atoms with E-state index in [1.165, 1.54) is 0 Å². The van der Waals surface area contributed by atoms with Gasteiger partial charge in [-0.3, -0.25) is 0 Å². The summed E-state index contributed by atoms with van der Waals surface area (Å²) in [5.74, 6) is -0.873. The average Bonchev–Trinajstić information content (AvgIpc) is 2.30. The van der Waals surface area contributed by atoms with Crippen molar-refractivity contribution in [3.8, 4) is 0 Å². The summed E-state index contributed by atoms with van der Waals surface area (Å²) in [6, 6.07) is 7.04. The smallest absolute Gasteiger partial charge is 0.335 e. The Kier molecular flexibility index (Phi) is 4.58. The molecule has 1 heterocycles. The lowest BCUT2D eigenvalue weighted by Gasteiger charge is -2.29. The number of carboxylic acids is 1. The van der Waals surface area contributed by atoms with Crippen LogP contribution in [0.5, 0.6) is 0 Å². The van der Waals surface area contributed by atoms with Crippen molar-refractivity contribution in [3.05, 3.63) is 29.8 Å². The second-order valence-electron chi connectivity index (χ2n) is 3.59. The number of nitrogens with zero attached hydrogens (tertiary/aromatic N) is 1. The van der Waals surface area contributed by atoms with Crippen LogP contribution in [0, 0.1) is 0 Å². The van der Waals surface area contributed by atoms with Crippen molar-refractivity contribution in [2.24, 2.45) is 0 Å². The van der Waals surface area contributed by atoms with Crippen molar-refractivity contribution in [3.63, 3.8) is 0 Å². The van der Waals surface area contributed by atoms with Gasteiger partial charge in [-0.2, -0.15) is 0 Å². The molecule has 1 aromatic carbocycles. The highest BCUT2D eigenvalue weighted by atomic mass is 35.5. The summed E-state index contributed by atoms with van der Waals surface area (Å²) < 4.78 is 0. The Morgan fingerprint density at radius 1 is 1.19 bits per heavy atom. The normalized spacial score (nSPS) is 15.4. The molecule has 1 aromatic rings. The van der Waals surface area contributed by atoms with E-state index < -0.39 is 5.97 Å². The Balaban J connectivity index is 0.00000128. The summed E-state index contributed by atoms with van der Waals surface area (Å²) in [6.45, 7) is 3.93. The first kappa shape index (κ1) is 12.8. The van der Waals surface area contributed by atoms with Crippen molar-refractivity contribution in [1.82, 2.24) is 5.32 Å². The zero-order valence-corrected chi connectivity index (χ0v) is 9.67. The molecule has 0 aromatic heterocycles. The highest BCUT2D eigenvalue weighted by molar-refractivity contribution is 5.88. The second-order valence-corrected chi connectivity index (χ2v) is 3.59. The quantitative estimate of drug-likeness (QED) is 0.819. The first-order valence-electron chi connectivity index (χ1n) is 5.06. The van der Waals surface area contributed by atoms with Crippen LogP contribution in [-0.2, 0) is 0 Å². The fraction of sp³-hybridized carbons (Fsp3) is 0.364.